The van der Waals surface area contributed by atoms with E-state index in [0.29, 0.717) is 29.5 Å². The Morgan fingerprint density at radius 1 is 1.28 bits per heavy atom. The predicted molar refractivity (Wildman–Crippen MR) is 134 cm³/mol. The Bertz CT molecular complexity index is 1270. The molecule has 0 radical (unpaired) electrons. The second kappa shape index (κ2) is 9.41. The van der Waals surface area contributed by atoms with Crippen LogP contribution in [0.3, 0.4) is 0 Å². The van der Waals surface area contributed by atoms with Gasteiger partial charge >= 0.3 is 0 Å². The number of hydrogen-bond donors (Lipinski definition) is 2. The monoisotopic (exact) mass is 490 g/mol. The van der Waals surface area contributed by atoms with E-state index in [1.54, 1.807) is 24.4 Å². The molecule has 0 spiro atoms. The predicted octanol–water partition coefficient (Wildman–Crippen LogP) is 3.92. The standard InChI is InChI=1S/C28H31FN4O3/c1-17-10-23(33-9-7-28(2,27(33)35)21-4-5-21)15-24(32-17)26(34)31-16-18-11-20(13-22(29)12-18)19-6-8-30-25(14-19)36-3/h6,8,10-15,21,24,32H,4-5,7,9,16H2,1-3H3,(H,31,34)/t24?,28-/m0/s1. The van der Waals surface area contributed by atoms with Gasteiger partial charge in [0, 0.05) is 36.7 Å². The number of allylic oxidation sites excluding steroid dienone is 2. The van der Waals surface area contributed by atoms with Gasteiger partial charge in [0.05, 0.1) is 12.5 Å². The number of likely N-dealkylation sites (tertiary alicyclic amines) is 1. The molecule has 36 heavy (non-hydrogen) atoms. The van der Waals surface area contributed by atoms with E-state index in [9.17, 15) is 14.0 Å². The number of carbonyl (C=O) groups is 2. The van der Waals surface area contributed by atoms with Crippen LogP contribution in [0.4, 0.5) is 4.39 Å². The second-order valence-corrected chi connectivity index (χ2v) is 10.1. The van der Waals surface area contributed by atoms with Crippen LogP contribution in [0.1, 0.15) is 38.7 Å². The number of methoxy groups -OCH3 is 1. The van der Waals surface area contributed by atoms with E-state index in [1.165, 1.54) is 19.2 Å². The minimum atomic E-state index is -0.622. The first-order valence-electron chi connectivity index (χ1n) is 12.3. The zero-order valence-corrected chi connectivity index (χ0v) is 20.8. The number of carbonyl (C=O) groups excluding carboxylic acids is 2. The number of pyridine rings is 1. The summed E-state index contributed by atoms with van der Waals surface area (Å²) in [6.45, 7) is 4.79. The highest BCUT2D eigenvalue weighted by Gasteiger charge is 2.52. The van der Waals surface area contributed by atoms with E-state index in [2.05, 4.69) is 22.5 Å². The molecule has 1 aliphatic carbocycles. The summed E-state index contributed by atoms with van der Waals surface area (Å²) in [4.78, 5) is 32.2. The molecule has 2 aliphatic heterocycles. The Morgan fingerprint density at radius 3 is 2.83 bits per heavy atom. The van der Waals surface area contributed by atoms with Crippen molar-refractivity contribution in [1.82, 2.24) is 20.5 Å². The summed E-state index contributed by atoms with van der Waals surface area (Å²) >= 11 is 0. The van der Waals surface area contributed by atoms with Crippen molar-refractivity contribution in [1.29, 1.82) is 0 Å². The number of dihydropyridines is 1. The largest absolute Gasteiger partial charge is 0.481 e. The normalized spacial score (nSPS) is 23.6. The van der Waals surface area contributed by atoms with Crippen molar-refractivity contribution >= 4 is 11.8 Å². The van der Waals surface area contributed by atoms with Crippen molar-refractivity contribution in [2.24, 2.45) is 11.3 Å². The molecular formula is C28H31FN4O3. The molecule has 8 heteroatoms. The molecule has 188 valence electrons. The van der Waals surface area contributed by atoms with Crippen LogP contribution >= 0.6 is 0 Å². The van der Waals surface area contributed by atoms with Gasteiger partial charge in [0.25, 0.3) is 0 Å². The van der Waals surface area contributed by atoms with Crippen LogP contribution in [0.2, 0.25) is 0 Å². The highest BCUT2D eigenvalue weighted by Crippen LogP contribution is 2.52. The lowest BCUT2D eigenvalue weighted by Gasteiger charge is -2.28. The van der Waals surface area contributed by atoms with Gasteiger partial charge in [-0.3, -0.25) is 9.59 Å². The van der Waals surface area contributed by atoms with Crippen LogP contribution in [-0.4, -0.2) is 41.4 Å². The number of nitrogens with one attached hydrogen (secondary N) is 2. The molecule has 2 atom stereocenters. The Morgan fingerprint density at radius 2 is 2.08 bits per heavy atom. The lowest BCUT2D eigenvalue weighted by molar-refractivity contribution is -0.134. The van der Waals surface area contributed by atoms with E-state index < -0.39 is 11.9 Å². The summed E-state index contributed by atoms with van der Waals surface area (Å²) in [5.74, 6) is 0.436. The van der Waals surface area contributed by atoms with Gasteiger partial charge < -0.3 is 20.3 Å². The van der Waals surface area contributed by atoms with Gasteiger partial charge in [0.1, 0.15) is 11.9 Å². The summed E-state index contributed by atoms with van der Waals surface area (Å²) < 4.78 is 19.6. The Hall–Kier alpha value is -3.68. The van der Waals surface area contributed by atoms with Gasteiger partial charge in [-0.15, -0.1) is 0 Å². The van der Waals surface area contributed by atoms with Crippen LogP contribution in [-0.2, 0) is 16.1 Å². The average molecular weight is 491 g/mol. The quantitative estimate of drug-likeness (QED) is 0.615. The van der Waals surface area contributed by atoms with Gasteiger partial charge in [-0.05, 0) is 85.2 Å². The molecule has 2 N–H and O–H groups in total. The smallest absolute Gasteiger partial charge is 0.246 e. The van der Waals surface area contributed by atoms with Crippen molar-refractivity contribution < 1.29 is 18.7 Å². The molecule has 3 aliphatic rings. The molecule has 2 fully saturated rings. The van der Waals surface area contributed by atoms with Gasteiger partial charge in [-0.1, -0.05) is 6.92 Å². The van der Waals surface area contributed by atoms with Crippen molar-refractivity contribution in [2.75, 3.05) is 13.7 Å². The Balaban J connectivity index is 1.28. The zero-order valence-electron chi connectivity index (χ0n) is 20.8. The van der Waals surface area contributed by atoms with E-state index >= 15 is 0 Å². The van der Waals surface area contributed by atoms with Crippen LogP contribution in [0.25, 0.3) is 11.1 Å². The third-order valence-electron chi connectivity index (χ3n) is 7.45. The van der Waals surface area contributed by atoms with Crippen LogP contribution in [0, 0.1) is 17.2 Å². The van der Waals surface area contributed by atoms with Crippen molar-refractivity contribution in [3.05, 3.63) is 71.5 Å². The number of aromatic nitrogens is 1. The third kappa shape index (κ3) is 4.72. The van der Waals surface area contributed by atoms with Gasteiger partial charge in [0.2, 0.25) is 17.7 Å². The van der Waals surface area contributed by atoms with Crippen molar-refractivity contribution in [3.8, 4) is 17.0 Å². The van der Waals surface area contributed by atoms with Gasteiger partial charge in [0.15, 0.2) is 0 Å². The van der Waals surface area contributed by atoms with Gasteiger partial charge in [-0.25, -0.2) is 9.37 Å². The van der Waals surface area contributed by atoms with E-state index in [1.807, 2.05) is 24.0 Å². The SMILES string of the molecule is COc1cc(-c2cc(F)cc(CNC(=O)C3C=C(N4CC[C@@](C)(C5CC5)C4=O)C=C(C)N3)c2)ccn1. The first-order valence-corrected chi connectivity index (χ1v) is 12.3. The molecule has 1 unspecified atom stereocenters. The van der Waals surface area contributed by atoms with E-state index in [-0.39, 0.29) is 23.8 Å². The molecule has 2 amide bonds. The van der Waals surface area contributed by atoms with E-state index in [4.69, 9.17) is 4.74 Å². The first-order chi connectivity index (χ1) is 17.3. The maximum Gasteiger partial charge on any atom is 0.246 e. The molecule has 1 saturated heterocycles. The van der Waals surface area contributed by atoms with Crippen LogP contribution < -0.4 is 15.4 Å². The average Bonchev–Trinajstić information content (AvgIpc) is 3.68. The number of nitrogens with zero attached hydrogens (tertiary/aromatic N) is 2. The first kappa shape index (κ1) is 24.0. The topological polar surface area (TPSA) is 83.6 Å². The Labute approximate surface area is 210 Å². The number of hydrogen-bond acceptors (Lipinski definition) is 5. The molecule has 0 bridgehead atoms. The fourth-order valence-electron chi connectivity index (χ4n) is 5.20. The van der Waals surface area contributed by atoms with Crippen LogP contribution in [0.15, 0.2) is 60.1 Å². The molecule has 1 aromatic heterocycles. The van der Waals surface area contributed by atoms with Crippen molar-refractivity contribution in [2.45, 2.75) is 45.7 Å². The number of halogens is 1. The van der Waals surface area contributed by atoms with E-state index in [0.717, 1.165) is 36.2 Å². The summed E-state index contributed by atoms with van der Waals surface area (Å²) in [6, 6.07) is 7.57. The zero-order chi connectivity index (χ0) is 25.4. The summed E-state index contributed by atoms with van der Waals surface area (Å²) in [5, 5.41) is 6.08. The molecule has 7 nitrogen and oxygen atoms in total. The molecular weight excluding hydrogens is 459 g/mol. The molecule has 2 aromatic rings. The molecule has 1 saturated carbocycles. The minimum absolute atomic E-state index is 0.154. The third-order valence-corrected chi connectivity index (χ3v) is 7.45. The highest BCUT2D eigenvalue weighted by atomic mass is 19.1. The number of ether oxygens (including phenoxy) is 1. The maximum absolute atomic E-state index is 14.4. The summed E-state index contributed by atoms with van der Waals surface area (Å²) in [5.41, 5.74) is 3.36. The second-order valence-electron chi connectivity index (χ2n) is 10.1. The fraction of sp³-hybridized carbons (Fsp3) is 0.393. The minimum Gasteiger partial charge on any atom is -0.481 e. The lowest BCUT2D eigenvalue weighted by Crippen LogP contribution is -2.45. The lowest BCUT2D eigenvalue weighted by atomic mass is 9.83. The summed E-state index contributed by atoms with van der Waals surface area (Å²) in [7, 11) is 1.53. The fourth-order valence-corrected chi connectivity index (χ4v) is 5.20. The van der Waals surface area contributed by atoms with Gasteiger partial charge in [-0.2, -0.15) is 0 Å². The maximum atomic E-state index is 14.4. The van der Waals surface area contributed by atoms with Crippen LogP contribution in [0.5, 0.6) is 5.88 Å². The van der Waals surface area contributed by atoms with Crippen molar-refractivity contribution in [3.63, 3.8) is 0 Å². The number of benzene rings is 1. The number of amides is 2. The molecule has 5 rings (SSSR count). The summed E-state index contributed by atoms with van der Waals surface area (Å²) in [6.07, 6.45) is 8.41. The Kier molecular flexibility index (Phi) is 6.28. The highest BCUT2D eigenvalue weighted by molar-refractivity contribution is 5.89. The molecule has 1 aromatic carbocycles. The number of rotatable bonds is 7. The molecule has 3 heterocycles.